The monoisotopic (exact) mass is 232 g/mol. The molecule has 0 amide bonds. The summed E-state index contributed by atoms with van der Waals surface area (Å²) < 4.78 is 0. The second-order valence-electron chi connectivity index (χ2n) is 3.28. The standard InChI is InChI=1S/C12H12.2C2H6.CH4/c1-9-7-11-5-3-4-6-12(11)8-10(9)2;2*1-2;/h3-8H,1-2H3;2*1-2H3;1H4. The Morgan fingerprint density at radius 1 is 0.647 bits per heavy atom. The Balaban J connectivity index is 0. The normalized spacial score (nSPS) is 8.12. The minimum absolute atomic E-state index is 0. The molecule has 0 unspecified atom stereocenters. The molecule has 0 heteroatoms. The number of rotatable bonds is 0. The Labute approximate surface area is 108 Å². The van der Waals surface area contributed by atoms with E-state index in [0.717, 1.165) is 0 Å². The van der Waals surface area contributed by atoms with Gasteiger partial charge in [-0.05, 0) is 35.7 Å². The minimum Gasteiger partial charge on any atom is -0.0776 e. The van der Waals surface area contributed by atoms with Gasteiger partial charge in [-0.15, -0.1) is 0 Å². The van der Waals surface area contributed by atoms with Crippen molar-refractivity contribution < 1.29 is 0 Å². The van der Waals surface area contributed by atoms with Crippen LogP contribution in [0.4, 0.5) is 0 Å². The highest BCUT2D eigenvalue weighted by atomic mass is 14.0. The van der Waals surface area contributed by atoms with E-state index in [2.05, 4.69) is 50.2 Å². The zero-order valence-corrected chi connectivity index (χ0v) is 11.5. The summed E-state index contributed by atoms with van der Waals surface area (Å²) in [5.74, 6) is 0. The Hall–Kier alpha value is -1.30. The fraction of sp³-hybridized carbons (Fsp3) is 0.412. The number of aryl methyl sites for hydroxylation is 2. The maximum Gasteiger partial charge on any atom is -0.0181 e. The van der Waals surface area contributed by atoms with Crippen molar-refractivity contribution in [2.75, 3.05) is 0 Å². The van der Waals surface area contributed by atoms with Crippen molar-refractivity contribution in [1.29, 1.82) is 0 Å². The third-order valence-corrected chi connectivity index (χ3v) is 2.36. The first-order valence-electron chi connectivity index (χ1n) is 6.23. The fourth-order valence-electron chi connectivity index (χ4n) is 1.47. The highest BCUT2D eigenvalue weighted by molar-refractivity contribution is 5.83. The summed E-state index contributed by atoms with van der Waals surface area (Å²) in [4.78, 5) is 0. The number of benzene rings is 2. The van der Waals surface area contributed by atoms with Gasteiger partial charge >= 0.3 is 0 Å². The van der Waals surface area contributed by atoms with Gasteiger partial charge in [-0.2, -0.15) is 0 Å². The Morgan fingerprint density at radius 3 is 1.24 bits per heavy atom. The lowest BCUT2D eigenvalue weighted by Crippen LogP contribution is -1.80. The molecule has 0 heterocycles. The molecule has 0 aliphatic carbocycles. The Morgan fingerprint density at radius 2 is 0.941 bits per heavy atom. The van der Waals surface area contributed by atoms with Gasteiger partial charge in [0, 0.05) is 0 Å². The van der Waals surface area contributed by atoms with E-state index in [0.29, 0.717) is 0 Å². The first kappa shape index (κ1) is 18.1. The van der Waals surface area contributed by atoms with Gasteiger partial charge in [-0.25, -0.2) is 0 Å². The summed E-state index contributed by atoms with van der Waals surface area (Å²) in [5.41, 5.74) is 2.74. The van der Waals surface area contributed by atoms with Gasteiger partial charge in [-0.3, -0.25) is 0 Å². The van der Waals surface area contributed by atoms with Crippen LogP contribution >= 0.6 is 0 Å². The van der Waals surface area contributed by atoms with Crippen LogP contribution in [0.5, 0.6) is 0 Å². The quantitative estimate of drug-likeness (QED) is 0.511. The Bertz CT molecular complexity index is 373. The van der Waals surface area contributed by atoms with Crippen LogP contribution in [0.15, 0.2) is 36.4 Å². The maximum atomic E-state index is 2.24. The average Bonchev–Trinajstić information content (AvgIpc) is 2.36. The van der Waals surface area contributed by atoms with Crippen molar-refractivity contribution in [1.82, 2.24) is 0 Å². The fourth-order valence-corrected chi connectivity index (χ4v) is 1.47. The van der Waals surface area contributed by atoms with Crippen LogP contribution in [-0.2, 0) is 0 Å². The first-order chi connectivity index (χ1) is 7.77. The lowest BCUT2D eigenvalue weighted by Gasteiger charge is -2.02. The lowest BCUT2D eigenvalue weighted by molar-refractivity contribution is 1.37. The molecule has 0 nitrogen and oxygen atoms in total. The van der Waals surface area contributed by atoms with Crippen LogP contribution in [0, 0.1) is 13.8 Å². The summed E-state index contributed by atoms with van der Waals surface area (Å²) in [7, 11) is 0. The van der Waals surface area contributed by atoms with Crippen molar-refractivity contribution >= 4 is 10.8 Å². The zero-order chi connectivity index (χ0) is 12.6. The summed E-state index contributed by atoms with van der Waals surface area (Å²) in [5, 5.41) is 2.67. The zero-order valence-electron chi connectivity index (χ0n) is 11.5. The van der Waals surface area contributed by atoms with Crippen molar-refractivity contribution in [2.24, 2.45) is 0 Å². The van der Waals surface area contributed by atoms with E-state index in [9.17, 15) is 0 Å². The van der Waals surface area contributed by atoms with Crippen LogP contribution in [0.3, 0.4) is 0 Å². The summed E-state index contributed by atoms with van der Waals surface area (Å²) in [6.07, 6.45) is 0. The van der Waals surface area contributed by atoms with Crippen LogP contribution < -0.4 is 0 Å². The molecule has 0 radical (unpaired) electrons. The molecular weight excluding hydrogens is 204 g/mol. The van der Waals surface area contributed by atoms with Crippen molar-refractivity contribution in [3.63, 3.8) is 0 Å². The number of hydrogen-bond donors (Lipinski definition) is 0. The predicted octanol–water partition coefficient (Wildman–Crippen LogP) is 6.15. The van der Waals surface area contributed by atoms with Crippen LogP contribution in [0.2, 0.25) is 0 Å². The molecular formula is C17H28. The Kier molecular flexibility index (Phi) is 10.5. The van der Waals surface area contributed by atoms with Crippen LogP contribution in [0.1, 0.15) is 46.2 Å². The summed E-state index contributed by atoms with van der Waals surface area (Å²) in [6, 6.07) is 13.0. The molecule has 0 aliphatic rings. The molecule has 2 rings (SSSR count). The molecule has 17 heavy (non-hydrogen) atoms. The van der Waals surface area contributed by atoms with Crippen LogP contribution in [0.25, 0.3) is 10.8 Å². The molecule has 0 spiro atoms. The summed E-state index contributed by atoms with van der Waals surface area (Å²) >= 11 is 0. The van der Waals surface area contributed by atoms with Crippen molar-refractivity contribution in [2.45, 2.75) is 49.0 Å². The van der Waals surface area contributed by atoms with Crippen LogP contribution in [-0.4, -0.2) is 0 Å². The molecule has 0 atom stereocenters. The molecule has 2 aromatic rings. The molecule has 96 valence electrons. The van der Waals surface area contributed by atoms with Gasteiger partial charge in [0.25, 0.3) is 0 Å². The molecule has 0 N–H and O–H groups in total. The van der Waals surface area contributed by atoms with Crippen molar-refractivity contribution in [3.05, 3.63) is 47.5 Å². The largest absolute Gasteiger partial charge is 0.0776 e. The van der Waals surface area contributed by atoms with E-state index < -0.39 is 0 Å². The SMILES string of the molecule is C.CC.CC.Cc1cc2ccccc2cc1C. The topological polar surface area (TPSA) is 0 Å². The molecule has 0 fully saturated rings. The van der Waals surface area contributed by atoms with E-state index in [1.54, 1.807) is 0 Å². The molecule has 0 saturated carbocycles. The van der Waals surface area contributed by atoms with E-state index in [4.69, 9.17) is 0 Å². The molecule has 2 aromatic carbocycles. The van der Waals surface area contributed by atoms with E-state index in [1.807, 2.05) is 27.7 Å². The third kappa shape index (κ3) is 5.04. The second-order valence-corrected chi connectivity index (χ2v) is 3.28. The number of hydrogen-bond acceptors (Lipinski definition) is 0. The molecule has 0 saturated heterocycles. The predicted molar refractivity (Wildman–Crippen MR) is 82.8 cm³/mol. The van der Waals surface area contributed by atoms with Gasteiger partial charge in [0.05, 0.1) is 0 Å². The van der Waals surface area contributed by atoms with Crippen molar-refractivity contribution in [3.8, 4) is 0 Å². The summed E-state index contributed by atoms with van der Waals surface area (Å²) in [6.45, 7) is 12.3. The smallest absolute Gasteiger partial charge is 0.0181 e. The third-order valence-electron chi connectivity index (χ3n) is 2.36. The number of fused-ring (bicyclic) bond motifs is 1. The van der Waals surface area contributed by atoms with E-state index in [-0.39, 0.29) is 7.43 Å². The maximum absolute atomic E-state index is 2.24. The van der Waals surface area contributed by atoms with E-state index in [1.165, 1.54) is 21.9 Å². The van der Waals surface area contributed by atoms with E-state index >= 15 is 0 Å². The lowest BCUT2D eigenvalue weighted by atomic mass is 10.0. The van der Waals surface area contributed by atoms with Gasteiger partial charge < -0.3 is 0 Å². The highest BCUT2D eigenvalue weighted by Crippen LogP contribution is 2.18. The highest BCUT2D eigenvalue weighted by Gasteiger charge is 1.95. The van der Waals surface area contributed by atoms with Gasteiger partial charge in [-0.1, -0.05) is 71.5 Å². The second kappa shape index (κ2) is 9.89. The van der Waals surface area contributed by atoms with Gasteiger partial charge in [0.1, 0.15) is 0 Å². The molecule has 0 bridgehead atoms. The molecule has 0 aliphatic heterocycles. The minimum atomic E-state index is 0. The van der Waals surface area contributed by atoms with Gasteiger partial charge in [0.15, 0.2) is 0 Å². The average molecular weight is 232 g/mol. The molecule has 0 aromatic heterocycles. The van der Waals surface area contributed by atoms with Gasteiger partial charge in [0.2, 0.25) is 0 Å². The first-order valence-corrected chi connectivity index (χ1v) is 6.23.